The molecule has 1 heterocycles. The van der Waals surface area contributed by atoms with E-state index in [0.29, 0.717) is 12.5 Å². The summed E-state index contributed by atoms with van der Waals surface area (Å²) in [5.41, 5.74) is 0. The molecule has 23 heavy (non-hydrogen) atoms. The number of hydrogen-bond acceptors (Lipinski definition) is 5. The van der Waals surface area contributed by atoms with Gasteiger partial charge in [0.2, 0.25) is 0 Å². The quantitative estimate of drug-likeness (QED) is 0.335. The van der Waals surface area contributed by atoms with Crippen LogP contribution in [-0.2, 0) is 9.84 Å². The number of aliphatic hydroxyl groups excluding tert-OH is 1. The highest BCUT2D eigenvalue weighted by atomic mass is 32.2. The highest BCUT2D eigenvalue weighted by molar-refractivity contribution is 7.93. The van der Waals surface area contributed by atoms with E-state index in [1.807, 2.05) is 6.92 Å². The van der Waals surface area contributed by atoms with Crippen molar-refractivity contribution >= 4 is 27.1 Å². The van der Waals surface area contributed by atoms with Crippen LogP contribution in [0.5, 0.6) is 0 Å². The molecule has 0 aliphatic rings. The standard InChI is InChI=1S/C15H27N3O3S2/c1-3-5-6-9-17-15(16-4-2)18-11-13(19)12-23(20,21)14-8-7-10-22-14/h7-8,10,13,19H,3-6,9,11-12H2,1-2H3,(H2,16,17,18). The predicted octanol–water partition coefficient (Wildman–Crippen LogP) is 1.63. The summed E-state index contributed by atoms with van der Waals surface area (Å²) in [5, 5.41) is 17.9. The number of sulfone groups is 1. The number of aliphatic hydroxyl groups is 1. The summed E-state index contributed by atoms with van der Waals surface area (Å²) in [6.07, 6.45) is 2.33. The summed E-state index contributed by atoms with van der Waals surface area (Å²) < 4.78 is 24.5. The van der Waals surface area contributed by atoms with Crippen LogP contribution in [0, 0.1) is 0 Å². The first-order valence-electron chi connectivity index (χ1n) is 7.96. The molecule has 0 saturated carbocycles. The van der Waals surface area contributed by atoms with Crippen LogP contribution in [0.25, 0.3) is 0 Å². The van der Waals surface area contributed by atoms with Gasteiger partial charge >= 0.3 is 0 Å². The van der Waals surface area contributed by atoms with E-state index in [1.54, 1.807) is 17.5 Å². The molecule has 0 radical (unpaired) electrons. The van der Waals surface area contributed by atoms with Crippen LogP contribution in [0.2, 0.25) is 0 Å². The van der Waals surface area contributed by atoms with Crippen LogP contribution in [0.1, 0.15) is 33.1 Å². The summed E-state index contributed by atoms with van der Waals surface area (Å²) in [5.74, 6) is 0.294. The molecule has 6 nitrogen and oxygen atoms in total. The Morgan fingerprint density at radius 1 is 1.35 bits per heavy atom. The number of nitrogens with zero attached hydrogens (tertiary/aromatic N) is 1. The Kier molecular flexibility index (Phi) is 9.20. The number of rotatable bonds is 10. The van der Waals surface area contributed by atoms with Gasteiger partial charge in [0.15, 0.2) is 15.8 Å². The number of thiophene rings is 1. The second kappa shape index (κ2) is 10.6. The van der Waals surface area contributed by atoms with Crippen molar-refractivity contribution in [2.75, 3.05) is 25.4 Å². The van der Waals surface area contributed by atoms with Crippen molar-refractivity contribution in [3.63, 3.8) is 0 Å². The van der Waals surface area contributed by atoms with Crippen molar-refractivity contribution in [2.45, 2.75) is 43.4 Å². The zero-order chi connectivity index (χ0) is 17.1. The molecule has 0 fully saturated rings. The van der Waals surface area contributed by atoms with Crippen molar-refractivity contribution < 1.29 is 13.5 Å². The molecular formula is C15H27N3O3S2. The minimum absolute atomic E-state index is 0.0493. The Labute approximate surface area is 143 Å². The number of aliphatic imine (C=N–C) groups is 1. The average molecular weight is 362 g/mol. The second-order valence-corrected chi connectivity index (χ2v) is 8.43. The number of unbranched alkanes of at least 4 members (excludes halogenated alkanes) is 2. The highest BCUT2D eigenvalue weighted by Gasteiger charge is 2.20. The Hall–Kier alpha value is -1.12. The summed E-state index contributed by atoms with van der Waals surface area (Å²) in [7, 11) is -3.44. The van der Waals surface area contributed by atoms with Gasteiger partial charge in [-0.15, -0.1) is 11.3 Å². The number of guanidine groups is 1. The average Bonchev–Trinajstić information content (AvgIpc) is 3.04. The van der Waals surface area contributed by atoms with Crippen LogP contribution >= 0.6 is 11.3 Å². The van der Waals surface area contributed by atoms with E-state index in [9.17, 15) is 13.5 Å². The fourth-order valence-electron chi connectivity index (χ4n) is 1.95. The van der Waals surface area contributed by atoms with Gasteiger partial charge in [-0.1, -0.05) is 25.8 Å². The van der Waals surface area contributed by atoms with E-state index in [0.717, 1.165) is 37.1 Å². The van der Waals surface area contributed by atoms with E-state index in [-0.39, 0.29) is 16.5 Å². The number of hydrogen-bond donors (Lipinski definition) is 3. The lowest BCUT2D eigenvalue weighted by molar-refractivity contribution is 0.206. The van der Waals surface area contributed by atoms with Crippen molar-refractivity contribution in [1.29, 1.82) is 0 Å². The minimum atomic E-state index is -3.44. The van der Waals surface area contributed by atoms with Crippen LogP contribution in [0.4, 0.5) is 0 Å². The summed E-state index contributed by atoms with van der Waals surface area (Å²) >= 11 is 1.16. The smallest absolute Gasteiger partial charge is 0.191 e. The van der Waals surface area contributed by atoms with Gasteiger partial charge in [0, 0.05) is 13.1 Å². The molecule has 1 atom stereocenters. The van der Waals surface area contributed by atoms with Crippen LogP contribution in [0.15, 0.2) is 26.7 Å². The molecule has 0 aliphatic heterocycles. The lowest BCUT2D eigenvalue weighted by Crippen LogP contribution is -2.38. The second-order valence-electron chi connectivity index (χ2n) is 5.22. The SMILES string of the molecule is CCCCCNC(=NCC(O)CS(=O)(=O)c1cccs1)NCC. The van der Waals surface area contributed by atoms with E-state index < -0.39 is 15.9 Å². The van der Waals surface area contributed by atoms with Gasteiger partial charge in [-0.05, 0) is 24.8 Å². The van der Waals surface area contributed by atoms with Gasteiger partial charge in [0.1, 0.15) is 4.21 Å². The first-order chi connectivity index (χ1) is 11.0. The monoisotopic (exact) mass is 361 g/mol. The maximum Gasteiger partial charge on any atom is 0.191 e. The molecule has 0 amide bonds. The molecule has 8 heteroatoms. The zero-order valence-electron chi connectivity index (χ0n) is 13.8. The zero-order valence-corrected chi connectivity index (χ0v) is 15.4. The third-order valence-corrected chi connectivity index (χ3v) is 6.38. The summed E-state index contributed by atoms with van der Waals surface area (Å²) in [6, 6.07) is 3.24. The first kappa shape index (κ1) is 19.9. The van der Waals surface area contributed by atoms with Gasteiger partial charge in [-0.3, -0.25) is 4.99 Å². The molecule has 1 unspecified atom stereocenters. The molecule has 0 aromatic carbocycles. The molecule has 3 N–H and O–H groups in total. The molecule has 0 bridgehead atoms. The Morgan fingerprint density at radius 2 is 2.13 bits per heavy atom. The van der Waals surface area contributed by atoms with Gasteiger partial charge < -0.3 is 15.7 Å². The van der Waals surface area contributed by atoms with E-state index in [4.69, 9.17) is 0 Å². The van der Waals surface area contributed by atoms with Crippen LogP contribution in [-0.4, -0.2) is 51.0 Å². The minimum Gasteiger partial charge on any atom is -0.390 e. The molecular weight excluding hydrogens is 334 g/mol. The van der Waals surface area contributed by atoms with E-state index in [1.165, 1.54) is 0 Å². The largest absolute Gasteiger partial charge is 0.390 e. The van der Waals surface area contributed by atoms with Crippen LogP contribution < -0.4 is 10.6 Å². The van der Waals surface area contributed by atoms with E-state index >= 15 is 0 Å². The van der Waals surface area contributed by atoms with Crippen LogP contribution in [0.3, 0.4) is 0 Å². The van der Waals surface area contributed by atoms with Crippen molar-refractivity contribution in [2.24, 2.45) is 4.99 Å². The molecule has 0 saturated heterocycles. The Morgan fingerprint density at radius 3 is 2.74 bits per heavy atom. The molecule has 1 aromatic rings. The normalized spacial score (nSPS) is 13.8. The summed E-state index contributed by atoms with van der Waals surface area (Å²) in [6.45, 7) is 5.67. The highest BCUT2D eigenvalue weighted by Crippen LogP contribution is 2.18. The third kappa shape index (κ3) is 7.81. The molecule has 0 aliphatic carbocycles. The van der Waals surface area contributed by atoms with Gasteiger partial charge in [-0.25, -0.2) is 8.42 Å². The number of nitrogens with one attached hydrogen (secondary N) is 2. The van der Waals surface area contributed by atoms with Gasteiger partial charge in [0.05, 0.1) is 18.4 Å². The molecule has 1 aromatic heterocycles. The Balaban J connectivity index is 2.50. The molecule has 132 valence electrons. The van der Waals surface area contributed by atoms with Gasteiger partial charge in [-0.2, -0.15) is 0 Å². The molecule has 1 rings (SSSR count). The topological polar surface area (TPSA) is 90.8 Å². The Bertz CT molecular complexity index is 557. The third-order valence-electron chi connectivity index (χ3n) is 3.09. The summed E-state index contributed by atoms with van der Waals surface area (Å²) in [4.78, 5) is 4.26. The maximum absolute atomic E-state index is 12.1. The lowest BCUT2D eigenvalue weighted by atomic mass is 10.2. The van der Waals surface area contributed by atoms with E-state index in [2.05, 4.69) is 22.5 Å². The predicted molar refractivity (Wildman–Crippen MR) is 95.9 cm³/mol. The van der Waals surface area contributed by atoms with Crippen molar-refractivity contribution in [3.05, 3.63) is 17.5 Å². The fourth-order valence-corrected chi connectivity index (χ4v) is 4.42. The van der Waals surface area contributed by atoms with Crippen molar-refractivity contribution in [3.8, 4) is 0 Å². The van der Waals surface area contributed by atoms with Crippen molar-refractivity contribution in [1.82, 2.24) is 10.6 Å². The van der Waals surface area contributed by atoms with Gasteiger partial charge in [0.25, 0.3) is 0 Å². The molecule has 0 spiro atoms. The lowest BCUT2D eigenvalue weighted by Gasteiger charge is -2.13. The maximum atomic E-state index is 12.1. The fraction of sp³-hybridized carbons (Fsp3) is 0.667. The first-order valence-corrected chi connectivity index (χ1v) is 10.5.